The number of benzene rings is 1. The standard InChI is InChI=1S/C25H34N8O2S/c1-5-20-28-23(26-7-6-8-33-9-11-35-12-10-33)31-24(29-20)32-25-27-15-19(36-25)22(34)30-21-17(3)13-16(2)14-18(21)4/h13-15H,5-12H2,1-4H3,(H,30,34)(H2,26,27,28,29,31,32). The average Bonchev–Trinajstić information content (AvgIpc) is 3.33. The van der Waals surface area contributed by atoms with Gasteiger partial charge in [0.05, 0.1) is 19.4 Å². The van der Waals surface area contributed by atoms with Gasteiger partial charge in [-0.3, -0.25) is 15.0 Å². The topological polar surface area (TPSA) is 117 Å². The molecule has 0 saturated carbocycles. The highest BCUT2D eigenvalue weighted by Gasteiger charge is 2.15. The van der Waals surface area contributed by atoms with Crippen molar-refractivity contribution in [2.45, 2.75) is 40.5 Å². The van der Waals surface area contributed by atoms with Gasteiger partial charge in [0.25, 0.3) is 5.91 Å². The molecule has 0 atom stereocenters. The van der Waals surface area contributed by atoms with E-state index in [9.17, 15) is 4.79 Å². The molecule has 2 aromatic heterocycles. The van der Waals surface area contributed by atoms with E-state index >= 15 is 0 Å². The molecule has 1 fully saturated rings. The molecular weight excluding hydrogens is 476 g/mol. The van der Waals surface area contributed by atoms with Crippen LogP contribution in [-0.2, 0) is 11.2 Å². The molecule has 3 aromatic rings. The zero-order valence-electron chi connectivity index (χ0n) is 21.3. The van der Waals surface area contributed by atoms with Crippen LogP contribution < -0.4 is 16.0 Å². The zero-order valence-corrected chi connectivity index (χ0v) is 22.2. The third-order valence-electron chi connectivity index (χ3n) is 5.90. The van der Waals surface area contributed by atoms with E-state index in [1.807, 2.05) is 27.7 Å². The van der Waals surface area contributed by atoms with Crippen molar-refractivity contribution < 1.29 is 9.53 Å². The molecule has 10 nitrogen and oxygen atoms in total. The van der Waals surface area contributed by atoms with Crippen LogP contribution in [0.5, 0.6) is 0 Å². The summed E-state index contributed by atoms with van der Waals surface area (Å²) in [7, 11) is 0. The highest BCUT2D eigenvalue weighted by molar-refractivity contribution is 7.17. The fraction of sp³-hybridized carbons (Fsp3) is 0.480. The number of ether oxygens (including phenoxy) is 1. The van der Waals surface area contributed by atoms with Gasteiger partial charge < -0.3 is 15.4 Å². The van der Waals surface area contributed by atoms with E-state index in [-0.39, 0.29) is 5.91 Å². The number of morpholine rings is 1. The SMILES string of the molecule is CCc1nc(NCCCN2CCOCC2)nc(Nc2ncc(C(=O)Nc3c(C)cc(C)cc3C)s2)n1. The first kappa shape index (κ1) is 25.9. The van der Waals surface area contributed by atoms with Crippen LogP contribution in [0, 0.1) is 20.8 Å². The number of anilines is 4. The van der Waals surface area contributed by atoms with Crippen LogP contribution >= 0.6 is 11.3 Å². The molecule has 0 spiro atoms. The van der Waals surface area contributed by atoms with Crippen molar-refractivity contribution in [3.8, 4) is 0 Å². The molecule has 0 radical (unpaired) electrons. The molecule has 1 saturated heterocycles. The zero-order chi connectivity index (χ0) is 25.5. The van der Waals surface area contributed by atoms with Crippen LogP contribution in [0.2, 0.25) is 0 Å². The maximum absolute atomic E-state index is 12.9. The lowest BCUT2D eigenvalue weighted by atomic mass is 10.1. The molecule has 0 aliphatic carbocycles. The maximum Gasteiger partial charge on any atom is 0.267 e. The largest absolute Gasteiger partial charge is 0.379 e. The molecule has 192 valence electrons. The Balaban J connectivity index is 1.36. The Bertz CT molecular complexity index is 1170. The van der Waals surface area contributed by atoms with Crippen molar-refractivity contribution in [3.63, 3.8) is 0 Å². The Morgan fingerprint density at radius 1 is 1.08 bits per heavy atom. The predicted octanol–water partition coefficient (Wildman–Crippen LogP) is 3.95. The van der Waals surface area contributed by atoms with Crippen LogP contribution in [-0.4, -0.2) is 70.1 Å². The normalized spacial score (nSPS) is 14.0. The Morgan fingerprint density at radius 3 is 2.53 bits per heavy atom. The van der Waals surface area contributed by atoms with Gasteiger partial charge >= 0.3 is 0 Å². The highest BCUT2D eigenvalue weighted by Crippen LogP contribution is 2.26. The molecule has 3 heterocycles. The maximum atomic E-state index is 12.9. The second kappa shape index (κ2) is 12.2. The third kappa shape index (κ3) is 6.96. The molecule has 4 rings (SSSR count). The summed E-state index contributed by atoms with van der Waals surface area (Å²) >= 11 is 1.26. The smallest absolute Gasteiger partial charge is 0.267 e. The Hall–Kier alpha value is -3.15. The monoisotopic (exact) mass is 510 g/mol. The number of carbonyl (C=O) groups is 1. The number of hydrogen-bond donors (Lipinski definition) is 3. The van der Waals surface area contributed by atoms with E-state index in [4.69, 9.17) is 4.74 Å². The lowest BCUT2D eigenvalue weighted by Crippen LogP contribution is -2.37. The first-order chi connectivity index (χ1) is 17.4. The van der Waals surface area contributed by atoms with Gasteiger partial charge in [-0.2, -0.15) is 15.0 Å². The summed E-state index contributed by atoms with van der Waals surface area (Å²) in [5, 5.41) is 10.0. The molecule has 36 heavy (non-hydrogen) atoms. The van der Waals surface area contributed by atoms with Gasteiger partial charge in [-0.1, -0.05) is 36.0 Å². The van der Waals surface area contributed by atoms with E-state index in [0.29, 0.717) is 34.2 Å². The van der Waals surface area contributed by atoms with E-state index in [2.05, 4.69) is 52.9 Å². The Morgan fingerprint density at radius 2 is 1.81 bits per heavy atom. The van der Waals surface area contributed by atoms with Crippen LogP contribution in [0.3, 0.4) is 0 Å². The quantitative estimate of drug-likeness (QED) is 0.349. The summed E-state index contributed by atoms with van der Waals surface area (Å²) < 4.78 is 5.40. The second-order valence-corrected chi connectivity index (χ2v) is 9.90. The Labute approximate surface area is 215 Å². The van der Waals surface area contributed by atoms with Crippen molar-refractivity contribution in [2.24, 2.45) is 0 Å². The summed E-state index contributed by atoms with van der Waals surface area (Å²) in [6.07, 6.45) is 3.23. The lowest BCUT2D eigenvalue weighted by Gasteiger charge is -2.26. The van der Waals surface area contributed by atoms with Gasteiger partial charge in [-0.15, -0.1) is 0 Å². The number of nitrogens with zero attached hydrogens (tertiary/aromatic N) is 5. The molecule has 1 aliphatic rings. The van der Waals surface area contributed by atoms with Crippen LogP contribution in [0.4, 0.5) is 22.7 Å². The van der Waals surface area contributed by atoms with E-state index in [1.165, 1.54) is 16.9 Å². The summed E-state index contributed by atoms with van der Waals surface area (Å²) in [6, 6.07) is 4.12. The van der Waals surface area contributed by atoms with Crippen LogP contribution in [0.15, 0.2) is 18.3 Å². The minimum atomic E-state index is -0.192. The fourth-order valence-corrected chi connectivity index (χ4v) is 4.83. The number of aryl methyl sites for hydroxylation is 4. The summed E-state index contributed by atoms with van der Waals surface area (Å²) in [5.41, 5.74) is 4.07. The number of nitrogens with one attached hydrogen (secondary N) is 3. The average molecular weight is 511 g/mol. The number of hydrogen-bond acceptors (Lipinski definition) is 10. The van der Waals surface area contributed by atoms with Gasteiger partial charge in [-0.05, 0) is 44.9 Å². The summed E-state index contributed by atoms with van der Waals surface area (Å²) in [4.78, 5) is 33.6. The first-order valence-corrected chi connectivity index (χ1v) is 13.1. The number of carbonyl (C=O) groups excluding carboxylic acids is 1. The third-order valence-corrected chi connectivity index (χ3v) is 6.81. The van der Waals surface area contributed by atoms with Crippen molar-refractivity contribution in [1.82, 2.24) is 24.8 Å². The number of amides is 1. The van der Waals surface area contributed by atoms with Crippen molar-refractivity contribution in [3.05, 3.63) is 45.7 Å². The van der Waals surface area contributed by atoms with Crippen LogP contribution in [0.25, 0.3) is 0 Å². The van der Waals surface area contributed by atoms with Crippen molar-refractivity contribution in [2.75, 3.05) is 55.3 Å². The van der Waals surface area contributed by atoms with E-state index in [0.717, 1.165) is 62.6 Å². The molecule has 1 aromatic carbocycles. The van der Waals surface area contributed by atoms with Crippen LogP contribution in [0.1, 0.15) is 45.5 Å². The number of thiazole rings is 1. The lowest BCUT2D eigenvalue weighted by molar-refractivity contribution is 0.0378. The van der Waals surface area contributed by atoms with E-state index in [1.54, 1.807) is 6.20 Å². The highest BCUT2D eigenvalue weighted by atomic mass is 32.1. The summed E-state index contributed by atoms with van der Waals surface area (Å²) in [5.74, 6) is 1.43. The van der Waals surface area contributed by atoms with Gasteiger partial charge in [-0.25, -0.2) is 4.98 Å². The molecule has 0 bridgehead atoms. The minimum Gasteiger partial charge on any atom is -0.379 e. The van der Waals surface area contributed by atoms with Gasteiger partial charge in [0.15, 0.2) is 5.13 Å². The fourth-order valence-electron chi connectivity index (χ4n) is 4.13. The molecular formula is C25H34N8O2S. The Kier molecular flexibility index (Phi) is 8.79. The molecule has 1 amide bonds. The number of rotatable bonds is 10. The van der Waals surface area contributed by atoms with Gasteiger partial charge in [0.1, 0.15) is 10.7 Å². The van der Waals surface area contributed by atoms with E-state index < -0.39 is 0 Å². The van der Waals surface area contributed by atoms with Gasteiger partial charge in [0.2, 0.25) is 11.9 Å². The first-order valence-electron chi connectivity index (χ1n) is 12.3. The van der Waals surface area contributed by atoms with Crippen molar-refractivity contribution >= 4 is 40.0 Å². The summed E-state index contributed by atoms with van der Waals surface area (Å²) in [6.45, 7) is 13.4. The molecule has 3 N–H and O–H groups in total. The second-order valence-electron chi connectivity index (χ2n) is 8.87. The van der Waals surface area contributed by atoms with Gasteiger partial charge in [0, 0.05) is 31.7 Å². The molecule has 0 unspecified atom stereocenters. The minimum absolute atomic E-state index is 0.192. The molecule has 11 heteroatoms. The van der Waals surface area contributed by atoms with Crippen molar-refractivity contribution in [1.29, 1.82) is 0 Å². The number of aromatic nitrogens is 4. The molecule has 1 aliphatic heterocycles. The predicted molar refractivity (Wildman–Crippen MR) is 144 cm³/mol.